The van der Waals surface area contributed by atoms with Crippen molar-refractivity contribution in [2.24, 2.45) is 0 Å². The van der Waals surface area contributed by atoms with Gasteiger partial charge in [0, 0.05) is 43.2 Å². The van der Waals surface area contributed by atoms with Gasteiger partial charge in [-0.25, -0.2) is 8.42 Å². The van der Waals surface area contributed by atoms with Crippen molar-refractivity contribution < 1.29 is 13.2 Å². The Morgan fingerprint density at radius 3 is 2.35 bits per heavy atom. The van der Waals surface area contributed by atoms with Crippen LogP contribution in [0.15, 0.2) is 47.4 Å². The minimum absolute atomic E-state index is 0.105. The molecule has 2 aliphatic rings. The second kappa shape index (κ2) is 6.30. The number of nitrogens with one attached hydrogen (secondary N) is 1. The molecule has 2 aliphatic heterocycles. The molecule has 8 heteroatoms. The lowest BCUT2D eigenvalue weighted by atomic mass is 10.2. The number of hydrogen-bond donors (Lipinski definition) is 2. The number of amides is 1. The molecule has 1 saturated heterocycles. The number of anilines is 3. The van der Waals surface area contributed by atoms with Crippen molar-refractivity contribution in [2.45, 2.75) is 11.3 Å². The van der Waals surface area contributed by atoms with Gasteiger partial charge in [-0.3, -0.25) is 4.79 Å². The topological polar surface area (TPSA) is 95.7 Å². The maximum atomic E-state index is 12.9. The van der Waals surface area contributed by atoms with Crippen LogP contribution in [0.5, 0.6) is 0 Å². The van der Waals surface area contributed by atoms with E-state index in [1.165, 1.54) is 4.31 Å². The van der Waals surface area contributed by atoms with Gasteiger partial charge in [0.2, 0.25) is 15.9 Å². The number of carbonyl (C=O) groups excluding carboxylic acids is 1. The Labute approximate surface area is 152 Å². The number of nitrogens with two attached hydrogens (primary N) is 1. The molecular weight excluding hydrogens is 352 g/mol. The molecule has 0 saturated carbocycles. The highest BCUT2D eigenvalue weighted by Gasteiger charge is 2.30. The lowest BCUT2D eigenvalue weighted by Crippen LogP contribution is -2.48. The largest absolute Gasteiger partial charge is 0.399 e. The molecule has 0 unspecified atom stereocenters. The fourth-order valence-electron chi connectivity index (χ4n) is 3.39. The lowest BCUT2D eigenvalue weighted by molar-refractivity contribution is -0.115. The monoisotopic (exact) mass is 372 g/mol. The summed E-state index contributed by atoms with van der Waals surface area (Å²) in [4.78, 5) is 13.9. The average Bonchev–Trinajstić information content (AvgIpc) is 3.01. The number of nitrogen functional groups attached to an aromatic ring is 1. The molecule has 2 aromatic rings. The minimum Gasteiger partial charge on any atom is -0.399 e. The molecule has 0 aliphatic carbocycles. The molecule has 0 radical (unpaired) electrons. The number of piperazine rings is 1. The van der Waals surface area contributed by atoms with Crippen molar-refractivity contribution >= 4 is 33.0 Å². The third-order valence-corrected chi connectivity index (χ3v) is 6.73. The Balaban J connectivity index is 1.49. The summed E-state index contributed by atoms with van der Waals surface area (Å²) in [6.45, 7) is 2.07. The fourth-order valence-corrected chi connectivity index (χ4v) is 4.86. The van der Waals surface area contributed by atoms with Crippen LogP contribution in [-0.2, 0) is 21.2 Å². The molecule has 1 fully saturated rings. The van der Waals surface area contributed by atoms with E-state index in [0.717, 1.165) is 11.3 Å². The van der Waals surface area contributed by atoms with Crippen molar-refractivity contribution in [3.05, 3.63) is 48.0 Å². The van der Waals surface area contributed by atoms with Crippen molar-refractivity contribution in [1.82, 2.24) is 4.31 Å². The van der Waals surface area contributed by atoms with Crippen molar-refractivity contribution in [3.8, 4) is 0 Å². The van der Waals surface area contributed by atoms with Crippen LogP contribution in [0.25, 0.3) is 0 Å². The molecule has 7 nitrogen and oxygen atoms in total. The van der Waals surface area contributed by atoms with Crippen molar-refractivity contribution in [3.63, 3.8) is 0 Å². The van der Waals surface area contributed by atoms with E-state index in [1.54, 1.807) is 18.2 Å². The third-order valence-electron chi connectivity index (χ3n) is 4.84. The average molecular weight is 372 g/mol. The van der Waals surface area contributed by atoms with E-state index in [9.17, 15) is 13.2 Å². The quantitative estimate of drug-likeness (QED) is 0.791. The molecule has 2 aromatic carbocycles. The van der Waals surface area contributed by atoms with Gasteiger partial charge in [0.05, 0.1) is 11.3 Å². The van der Waals surface area contributed by atoms with Crippen LogP contribution in [0.1, 0.15) is 5.56 Å². The van der Waals surface area contributed by atoms with E-state index in [2.05, 4.69) is 10.2 Å². The first-order valence-electron chi connectivity index (χ1n) is 8.47. The molecule has 0 spiro atoms. The number of rotatable bonds is 3. The summed E-state index contributed by atoms with van der Waals surface area (Å²) in [6, 6.07) is 12.4. The van der Waals surface area contributed by atoms with Gasteiger partial charge >= 0.3 is 0 Å². The van der Waals surface area contributed by atoms with Gasteiger partial charge in [0.1, 0.15) is 0 Å². The van der Waals surface area contributed by atoms with Crippen molar-refractivity contribution in [1.29, 1.82) is 0 Å². The smallest absolute Gasteiger partial charge is 0.243 e. The van der Waals surface area contributed by atoms with Crippen LogP contribution in [0.3, 0.4) is 0 Å². The zero-order valence-electron chi connectivity index (χ0n) is 14.2. The highest BCUT2D eigenvalue weighted by Crippen LogP contribution is 2.28. The van der Waals surface area contributed by atoms with Gasteiger partial charge in [0.25, 0.3) is 0 Å². The summed E-state index contributed by atoms with van der Waals surface area (Å²) in [5.74, 6) is -0.105. The Hall–Kier alpha value is -2.58. The number of hydrogen-bond acceptors (Lipinski definition) is 5. The summed E-state index contributed by atoms with van der Waals surface area (Å²) in [5, 5.41) is 2.72. The first-order valence-corrected chi connectivity index (χ1v) is 9.91. The predicted molar refractivity (Wildman–Crippen MR) is 101 cm³/mol. The van der Waals surface area contributed by atoms with Crippen LogP contribution >= 0.6 is 0 Å². The zero-order chi connectivity index (χ0) is 18.3. The van der Waals surface area contributed by atoms with Gasteiger partial charge in [-0.1, -0.05) is 0 Å². The van der Waals surface area contributed by atoms with Crippen LogP contribution in [0.2, 0.25) is 0 Å². The summed E-state index contributed by atoms with van der Waals surface area (Å²) >= 11 is 0. The minimum atomic E-state index is -3.57. The summed E-state index contributed by atoms with van der Waals surface area (Å²) < 4.78 is 27.4. The number of benzene rings is 2. The maximum Gasteiger partial charge on any atom is 0.243 e. The molecular formula is C18H20N4O3S. The number of nitrogens with zero attached hydrogens (tertiary/aromatic N) is 2. The molecule has 26 heavy (non-hydrogen) atoms. The van der Waals surface area contributed by atoms with Crippen LogP contribution in [0, 0.1) is 0 Å². The Morgan fingerprint density at radius 2 is 1.65 bits per heavy atom. The number of fused-ring (bicyclic) bond motifs is 1. The molecule has 1 amide bonds. The molecule has 0 atom stereocenters. The highest BCUT2D eigenvalue weighted by molar-refractivity contribution is 7.89. The van der Waals surface area contributed by atoms with E-state index >= 15 is 0 Å². The van der Waals surface area contributed by atoms with E-state index in [0.29, 0.717) is 37.6 Å². The van der Waals surface area contributed by atoms with Gasteiger partial charge in [-0.2, -0.15) is 4.31 Å². The van der Waals surface area contributed by atoms with Crippen LogP contribution in [0.4, 0.5) is 17.1 Å². The van der Waals surface area contributed by atoms with Gasteiger partial charge < -0.3 is 16.0 Å². The second-order valence-electron chi connectivity index (χ2n) is 6.53. The Kier molecular flexibility index (Phi) is 4.08. The van der Waals surface area contributed by atoms with Gasteiger partial charge in [-0.05, 0) is 48.0 Å². The summed E-state index contributed by atoms with van der Waals surface area (Å²) in [6.07, 6.45) is 0.226. The summed E-state index contributed by atoms with van der Waals surface area (Å²) in [7, 11) is -3.57. The number of carbonyl (C=O) groups is 1. The highest BCUT2D eigenvalue weighted by atomic mass is 32.2. The first kappa shape index (κ1) is 16.9. The van der Waals surface area contributed by atoms with Crippen molar-refractivity contribution in [2.75, 3.05) is 42.1 Å². The van der Waals surface area contributed by atoms with E-state index < -0.39 is 10.0 Å². The fraction of sp³-hybridized carbons (Fsp3) is 0.278. The molecule has 2 heterocycles. The molecule has 136 valence electrons. The second-order valence-corrected chi connectivity index (χ2v) is 8.46. The first-order chi connectivity index (χ1) is 12.4. The van der Waals surface area contributed by atoms with E-state index in [-0.39, 0.29) is 17.2 Å². The lowest BCUT2D eigenvalue weighted by Gasteiger charge is -2.35. The van der Waals surface area contributed by atoms with Gasteiger partial charge in [-0.15, -0.1) is 0 Å². The Morgan fingerprint density at radius 1 is 0.962 bits per heavy atom. The third kappa shape index (κ3) is 3.02. The SMILES string of the molecule is Nc1ccc(N2CCN(S(=O)(=O)c3ccc4c(c3)CC(=O)N4)CC2)cc1. The normalized spacial score (nSPS) is 17.8. The molecule has 0 aromatic heterocycles. The van der Waals surface area contributed by atoms with E-state index in [1.807, 2.05) is 24.3 Å². The Bertz CT molecular complexity index is 949. The standard InChI is InChI=1S/C18H20N4O3S/c19-14-1-3-15(4-2-14)21-7-9-22(10-8-21)26(24,25)16-5-6-17-13(11-16)12-18(23)20-17/h1-6,11H,7-10,12,19H2,(H,20,23). The van der Waals surface area contributed by atoms with Crippen LogP contribution in [-0.4, -0.2) is 44.8 Å². The molecule has 3 N–H and O–H groups in total. The molecule has 0 bridgehead atoms. The van der Waals surface area contributed by atoms with Crippen LogP contribution < -0.4 is 16.0 Å². The maximum absolute atomic E-state index is 12.9. The van der Waals surface area contributed by atoms with Gasteiger partial charge in [0.15, 0.2) is 0 Å². The molecule has 4 rings (SSSR count). The number of sulfonamides is 1. The van der Waals surface area contributed by atoms with E-state index in [4.69, 9.17) is 5.73 Å². The predicted octanol–water partition coefficient (Wildman–Crippen LogP) is 1.27. The summed E-state index contributed by atoms with van der Waals surface area (Å²) in [5.41, 5.74) is 8.89. The zero-order valence-corrected chi connectivity index (χ0v) is 15.0.